The fourth-order valence-electron chi connectivity index (χ4n) is 3.71. The largest absolute Gasteiger partial charge is 0.480 e. The molecule has 216 valence electrons. The highest BCUT2D eigenvalue weighted by Gasteiger charge is 2.34. The van der Waals surface area contributed by atoms with Gasteiger partial charge in [0.25, 0.3) is 0 Å². The molecule has 14 heteroatoms. The number of carbonyl (C=O) groups is 5. The zero-order valence-electron chi connectivity index (χ0n) is 22.4. The van der Waals surface area contributed by atoms with Crippen LogP contribution in [0.4, 0.5) is 0 Å². The van der Waals surface area contributed by atoms with Gasteiger partial charge in [-0.2, -0.15) is 0 Å². The fourth-order valence-corrected chi connectivity index (χ4v) is 4.99. The van der Waals surface area contributed by atoms with Crippen molar-refractivity contribution in [2.24, 2.45) is 5.73 Å². The Morgan fingerprint density at radius 2 is 1.82 bits per heavy atom. The first kappa shape index (κ1) is 33.3. The Morgan fingerprint density at radius 1 is 1.16 bits per heavy atom. The molecule has 0 bridgehead atoms. The van der Waals surface area contributed by atoms with Crippen LogP contribution in [0.5, 0.6) is 0 Å². The molecule has 0 aromatic rings. The van der Waals surface area contributed by atoms with Crippen molar-refractivity contribution < 1.29 is 34.2 Å². The molecular weight excluding hydrogens is 516 g/mol. The molecule has 0 saturated carbocycles. The van der Waals surface area contributed by atoms with Crippen LogP contribution in [0.3, 0.4) is 0 Å². The number of carbonyl (C=O) groups excluding carboxylic acids is 4. The maximum atomic E-state index is 13.1. The van der Waals surface area contributed by atoms with Crippen molar-refractivity contribution in [3.8, 4) is 0 Å². The summed E-state index contributed by atoms with van der Waals surface area (Å²) in [5, 5.41) is 32.6. The minimum absolute atomic E-state index is 0.00231. The normalized spacial score (nSPS) is 28.9. The summed E-state index contributed by atoms with van der Waals surface area (Å²) in [5.41, 5.74) is 5.95. The number of nitrogens with two attached hydrogens (primary N) is 1. The van der Waals surface area contributed by atoms with Crippen molar-refractivity contribution in [2.75, 3.05) is 18.9 Å². The van der Waals surface area contributed by atoms with Crippen LogP contribution in [0.2, 0.25) is 0 Å². The van der Waals surface area contributed by atoms with E-state index in [4.69, 9.17) is 5.73 Å². The molecular formula is C24H42N6O7S. The van der Waals surface area contributed by atoms with Crippen molar-refractivity contribution in [2.45, 2.75) is 88.5 Å². The Bertz CT molecular complexity index is 873. The summed E-state index contributed by atoms with van der Waals surface area (Å²) < 4.78 is 0. The number of hydrogen-bond acceptors (Lipinski definition) is 9. The van der Waals surface area contributed by atoms with Crippen LogP contribution < -0.4 is 32.3 Å². The Morgan fingerprint density at radius 3 is 2.34 bits per heavy atom. The van der Waals surface area contributed by atoms with Crippen molar-refractivity contribution in [1.82, 2.24) is 26.6 Å². The molecule has 7 atom stereocenters. The van der Waals surface area contributed by atoms with Crippen LogP contribution in [0.25, 0.3) is 0 Å². The third kappa shape index (κ3) is 10.6. The SMILES string of the molecule is C=C(CC)[C@H]1NC[C@H](CC(N)=O)NC(=O)[C@H](C)NC(=O)C(CO)NC(=O)[C@@H](NC(C)CC)CSC1C(=O)O. The van der Waals surface area contributed by atoms with E-state index in [9.17, 15) is 34.2 Å². The van der Waals surface area contributed by atoms with E-state index in [1.165, 1.54) is 6.92 Å². The number of aliphatic carboxylic acids is 1. The minimum Gasteiger partial charge on any atom is -0.480 e. The zero-order chi connectivity index (χ0) is 29.0. The van der Waals surface area contributed by atoms with Gasteiger partial charge in [0.1, 0.15) is 17.3 Å². The number of amides is 4. The molecule has 0 radical (unpaired) electrons. The third-order valence-electron chi connectivity index (χ3n) is 6.24. The molecule has 38 heavy (non-hydrogen) atoms. The lowest BCUT2D eigenvalue weighted by atomic mass is 10.0. The van der Waals surface area contributed by atoms with Gasteiger partial charge in [0.05, 0.1) is 24.7 Å². The first-order valence-electron chi connectivity index (χ1n) is 12.7. The van der Waals surface area contributed by atoms with Gasteiger partial charge in [-0.15, -0.1) is 11.8 Å². The van der Waals surface area contributed by atoms with Crippen molar-refractivity contribution in [3.63, 3.8) is 0 Å². The number of rotatable bonds is 9. The Labute approximate surface area is 227 Å². The van der Waals surface area contributed by atoms with Crippen LogP contribution in [-0.2, 0) is 24.0 Å². The second kappa shape index (κ2) is 16.3. The fraction of sp³-hybridized carbons (Fsp3) is 0.708. The van der Waals surface area contributed by atoms with Gasteiger partial charge < -0.3 is 42.5 Å². The van der Waals surface area contributed by atoms with E-state index in [-0.39, 0.29) is 24.8 Å². The first-order valence-corrected chi connectivity index (χ1v) is 13.7. The second-order valence-corrected chi connectivity index (χ2v) is 10.5. The van der Waals surface area contributed by atoms with Crippen molar-refractivity contribution in [1.29, 1.82) is 0 Å². The number of primary amides is 1. The summed E-state index contributed by atoms with van der Waals surface area (Å²) in [6.45, 7) is 10.3. The van der Waals surface area contributed by atoms with Crippen LogP contribution >= 0.6 is 11.8 Å². The Balaban J connectivity index is 3.46. The van der Waals surface area contributed by atoms with Crippen molar-refractivity contribution >= 4 is 41.4 Å². The first-order chi connectivity index (χ1) is 17.8. The van der Waals surface area contributed by atoms with Gasteiger partial charge in [-0.3, -0.25) is 24.0 Å². The van der Waals surface area contributed by atoms with Crippen molar-refractivity contribution in [3.05, 3.63) is 12.2 Å². The number of carboxylic acid groups (broad SMARTS) is 1. The number of nitrogens with one attached hydrogen (secondary N) is 5. The molecule has 3 unspecified atom stereocenters. The number of aliphatic hydroxyl groups excluding tert-OH is 1. The molecule has 0 aliphatic carbocycles. The maximum Gasteiger partial charge on any atom is 0.318 e. The molecule has 13 nitrogen and oxygen atoms in total. The molecule has 0 spiro atoms. The highest BCUT2D eigenvalue weighted by molar-refractivity contribution is 8.00. The molecule has 1 aliphatic heterocycles. The lowest BCUT2D eigenvalue weighted by Gasteiger charge is -2.31. The summed E-state index contributed by atoms with van der Waals surface area (Å²) in [7, 11) is 0. The van der Waals surface area contributed by atoms with E-state index in [1.807, 2.05) is 20.8 Å². The lowest BCUT2D eigenvalue weighted by molar-refractivity contribution is -0.137. The lowest BCUT2D eigenvalue weighted by Crippen LogP contribution is -2.59. The summed E-state index contributed by atoms with van der Waals surface area (Å²) >= 11 is 1.02. The second-order valence-electron chi connectivity index (χ2n) is 9.37. The highest BCUT2D eigenvalue weighted by Crippen LogP contribution is 2.23. The van der Waals surface area contributed by atoms with Gasteiger partial charge in [-0.1, -0.05) is 26.0 Å². The standard InChI is InChI=1S/C24H42N6O7S/c1-6-12(3)19-20(24(36)37)38-11-17(27-13(4)7-2)23(35)30-16(10-31)22(34)28-14(5)21(33)29-15(9-26-19)8-18(25)32/h13-17,19-20,26-27,31H,3,6-11H2,1-2,4-5H3,(H2,25,32)(H,28,34)(H,29,33)(H,30,35)(H,36,37)/t13?,14-,15-,16?,17-,19+,20?/m0/s1. The summed E-state index contributed by atoms with van der Waals surface area (Å²) in [5.74, 6) is -3.78. The number of thioether (sulfide) groups is 1. The maximum absolute atomic E-state index is 13.1. The van der Waals surface area contributed by atoms with Gasteiger partial charge in [0, 0.05) is 24.8 Å². The van der Waals surface area contributed by atoms with Gasteiger partial charge in [-0.05, 0) is 26.7 Å². The van der Waals surface area contributed by atoms with Crippen LogP contribution in [0, 0.1) is 0 Å². The van der Waals surface area contributed by atoms with E-state index in [1.54, 1.807) is 0 Å². The molecule has 1 aliphatic rings. The molecule has 1 rings (SSSR count). The van der Waals surface area contributed by atoms with Gasteiger partial charge in [0.15, 0.2) is 0 Å². The number of hydrogen-bond donors (Lipinski definition) is 8. The Hall–Kier alpha value is -2.68. The molecule has 0 aromatic carbocycles. The molecule has 1 fully saturated rings. The van der Waals surface area contributed by atoms with Gasteiger partial charge >= 0.3 is 5.97 Å². The number of carboxylic acids is 1. The molecule has 0 aromatic heterocycles. The topological polar surface area (TPSA) is 212 Å². The minimum atomic E-state index is -1.34. The summed E-state index contributed by atoms with van der Waals surface area (Å²) in [6.07, 6.45) is 0.919. The van der Waals surface area contributed by atoms with E-state index >= 15 is 0 Å². The van der Waals surface area contributed by atoms with E-state index < -0.39 is 71.7 Å². The van der Waals surface area contributed by atoms with Gasteiger partial charge in [-0.25, -0.2) is 0 Å². The van der Waals surface area contributed by atoms with Crippen LogP contribution in [-0.4, -0.2) is 100 Å². The predicted octanol–water partition coefficient (Wildman–Crippen LogP) is -1.79. The van der Waals surface area contributed by atoms with Crippen LogP contribution in [0.15, 0.2) is 12.2 Å². The molecule has 4 amide bonds. The molecule has 1 heterocycles. The van der Waals surface area contributed by atoms with Gasteiger partial charge in [0.2, 0.25) is 23.6 Å². The monoisotopic (exact) mass is 558 g/mol. The summed E-state index contributed by atoms with van der Waals surface area (Å²) in [4.78, 5) is 62.6. The Kier molecular flexibility index (Phi) is 14.3. The summed E-state index contributed by atoms with van der Waals surface area (Å²) in [6, 6.07) is -4.95. The number of aliphatic hydroxyl groups is 1. The van der Waals surface area contributed by atoms with E-state index in [0.29, 0.717) is 18.4 Å². The molecule has 9 N–H and O–H groups in total. The highest BCUT2D eigenvalue weighted by atomic mass is 32.2. The van der Waals surface area contributed by atoms with E-state index in [0.717, 1.165) is 11.8 Å². The van der Waals surface area contributed by atoms with Crippen LogP contribution in [0.1, 0.15) is 47.0 Å². The van der Waals surface area contributed by atoms with E-state index in [2.05, 4.69) is 33.2 Å². The third-order valence-corrected chi connectivity index (χ3v) is 7.60. The quantitative estimate of drug-likeness (QED) is 0.149. The zero-order valence-corrected chi connectivity index (χ0v) is 23.2. The average molecular weight is 559 g/mol. The predicted molar refractivity (Wildman–Crippen MR) is 144 cm³/mol. The molecule has 1 saturated heterocycles. The smallest absolute Gasteiger partial charge is 0.318 e. The average Bonchev–Trinajstić information content (AvgIpc) is 2.85.